The molecule has 0 aromatic rings. The zero-order valence-electron chi connectivity index (χ0n) is 14.4. The Labute approximate surface area is 132 Å². The van der Waals surface area contributed by atoms with Gasteiger partial charge in [0.1, 0.15) is 0 Å². The van der Waals surface area contributed by atoms with Crippen molar-refractivity contribution in [3.05, 3.63) is 12.2 Å². The van der Waals surface area contributed by atoms with Crippen LogP contribution in [0.1, 0.15) is 78.1 Å². The van der Waals surface area contributed by atoms with Gasteiger partial charge in [-0.1, -0.05) is 59.0 Å². The van der Waals surface area contributed by atoms with Gasteiger partial charge in [0.05, 0.1) is 0 Å². The molecule has 0 atom stereocenters. The van der Waals surface area contributed by atoms with Gasteiger partial charge in [-0.3, -0.25) is 4.90 Å². The number of hydrogen-bond donors (Lipinski definition) is 1. The summed E-state index contributed by atoms with van der Waals surface area (Å²) in [6.45, 7) is 10.9. The Morgan fingerprint density at radius 2 is 1.43 bits per heavy atom. The van der Waals surface area contributed by atoms with Crippen LogP contribution in [0, 0.1) is 0 Å². The topological polar surface area (TPSA) is 15.3 Å². The Kier molecular flexibility index (Phi) is 7.25. The zero-order chi connectivity index (χ0) is 15.1. The fourth-order valence-electron chi connectivity index (χ4n) is 4.04. The van der Waals surface area contributed by atoms with E-state index in [-0.39, 0.29) is 0 Å². The first kappa shape index (κ1) is 17.0. The van der Waals surface area contributed by atoms with Crippen molar-refractivity contribution >= 4 is 0 Å². The van der Waals surface area contributed by atoms with Gasteiger partial charge in [-0.2, -0.15) is 0 Å². The molecule has 2 aliphatic rings. The Morgan fingerprint density at radius 3 is 1.86 bits per heavy atom. The number of hydrogen-bond acceptors (Lipinski definition) is 2. The second-order valence-electron chi connectivity index (χ2n) is 7.54. The van der Waals surface area contributed by atoms with Gasteiger partial charge in [0.15, 0.2) is 0 Å². The molecule has 0 radical (unpaired) electrons. The van der Waals surface area contributed by atoms with Crippen molar-refractivity contribution in [1.82, 2.24) is 10.2 Å². The fourth-order valence-corrected chi connectivity index (χ4v) is 4.04. The Balaban J connectivity index is 1.91. The van der Waals surface area contributed by atoms with Crippen molar-refractivity contribution in [2.24, 2.45) is 0 Å². The van der Waals surface area contributed by atoms with Crippen LogP contribution in [0.2, 0.25) is 0 Å². The van der Waals surface area contributed by atoms with E-state index in [4.69, 9.17) is 0 Å². The van der Waals surface area contributed by atoms with Crippen molar-refractivity contribution in [3.8, 4) is 0 Å². The van der Waals surface area contributed by atoms with Gasteiger partial charge in [-0.15, -0.1) is 0 Å². The molecular formula is C19H36N2. The predicted octanol–water partition coefficient (Wildman–Crippen LogP) is 4.51. The standard InChI is InChI=1S/C19H36N2/c1-16(2)20-14-17(3)15-21(18-10-6-4-7-11-18)19-12-8-5-9-13-19/h16,18-20H,3-15H2,1-2H3. The second kappa shape index (κ2) is 8.95. The molecule has 0 bridgehead atoms. The average Bonchev–Trinajstić information content (AvgIpc) is 2.52. The summed E-state index contributed by atoms with van der Waals surface area (Å²) >= 11 is 0. The molecule has 0 aliphatic heterocycles. The highest BCUT2D eigenvalue weighted by molar-refractivity contribution is 5.02. The molecule has 2 aliphatic carbocycles. The van der Waals surface area contributed by atoms with Crippen LogP contribution in [0.3, 0.4) is 0 Å². The van der Waals surface area contributed by atoms with E-state index < -0.39 is 0 Å². The summed E-state index contributed by atoms with van der Waals surface area (Å²) in [4.78, 5) is 2.85. The smallest absolute Gasteiger partial charge is 0.0208 e. The van der Waals surface area contributed by atoms with Crippen LogP contribution < -0.4 is 5.32 Å². The van der Waals surface area contributed by atoms with Crippen LogP contribution in [0.15, 0.2) is 12.2 Å². The quantitative estimate of drug-likeness (QED) is 0.695. The molecule has 1 N–H and O–H groups in total. The van der Waals surface area contributed by atoms with Gasteiger partial charge in [0.25, 0.3) is 0 Å². The van der Waals surface area contributed by atoms with Crippen LogP contribution in [-0.4, -0.2) is 36.1 Å². The first-order valence-corrected chi connectivity index (χ1v) is 9.32. The largest absolute Gasteiger partial charge is 0.311 e. The van der Waals surface area contributed by atoms with Crippen LogP contribution in [0.25, 0.3) is 0 Å². The van der Waals surface area contributed by atoms with Gasteiger partial charge in [0, 0.05) is 31.2 Å². The Bertz CT molecular complexity index is 281. The molecule has 0 spiro atoms. The maximum Gasteiger partial charge on any atom is 0.0208 e. The molecule has 0 saturated heterocycles. The van der Waals surface area contributed by atoms with Crippen LogP contribution in [-0.2, 0) is 0 Å². The summed E-state index contributed by atoms with van der Waals surface area (Å²) in [6, 6.07) is 2.22. The summed E-state index contributed by atoms with van der Waals surface area (Å²) in [7, 11) is 0. The van der Waals surface area contributed by atoms with Crippen molar-refractivity contribution in [1.29, 1.82) is 0 Å². The Hall–Kier alpha value is -0.340. The molecule has 2 nitrogen and oxygen atoms in total. The molecule has 0 aromatic carbocycles. The van der Waals surface area contributed by atoms with Gasteiger partial charge >= 0.3 is 0 Å². The maximum atomic E-state index is 4.35. The summed E-state index contributed by atoms with van der Waals surface area (Å²) in [5.74, 6) is 0. The SMILES string of the molecule is C=C(CNC(C)C)CN(C1CCCCC1)C1CCCCC1. The molecule has 2 saturated carbocycles. The summed E-state index contributed by atoms with van der Waals surface area (Å²) in [5.41, 5.74) is 1.37. The maximum absolute atomic E-state index is 4.35. The summed E-state index contributed by atoms with van der Waals surface area (Å²) < 4.78 is 0. The van der Waals surface area contributed by atoms with E-state index in [1.807, 2.05) is 0 Å². The normalized spacial score (nSPS) is 22.1. The molecule has 0 aromatic heterocycles. The van der Waals surface area contributed by atoms with E-state index >= 15 is 0 Å². The lowest BCUT2D eigenvalue weighted by atomic mass is 9.88. The predicted molar refractivity (Wildman–Crippen MR) is 92.7 cm³/mol. The van der Waals surface area contributed by atoms with E-state index in [1.165, 1.54) is 69.8 Å². The van der Waals surface area contributed by atoms with Crippen molar-refractivity contribution in [2.75, 3.05) is 13.1 Å². The van der Waals surface area contributed by atoms with Gasteiger partial charge < -0.3 is 5.32 Å². The molecule has 122 valence electrons. The van der Waals surface area contributed by atoms with Crippen molar-refractivity contribution in [2.45, 2.75) is 96.2 Å². The summed E-state index contributed by atoms with van der Waals surface area (Å²) in [5, 5.41) is 3.53. The third-order valence-corrected chi connectivity index (χ3v) is 5.25. The van der Waals surface area contributed by atoms with E-state index in [9.17, 15) is 0 Å². The van der Waals surface area contributed by atoms with Crippen LogP contribution in [0.5, 0.6) is 0 Å². The van der Waals surface area contributed by atoms with E-state index in [1.54, 1.807) is 0 Å². The van der Waals surface area contributed by atoms with Crippen molar-refractivity contribution < 1.29 is 0 Å². The highest BCUT2D eigenvalue weighted by atomic mass is 15.2. The fraction of sp³-hybridized carbons (Fsp3) is 0.895. The van der Waals surface area contributed by atoms with Crippen LogP contribution >= 0.6 is 0 Å². The number of nitrogens with zero attached hydrogens (tertiary/aromatic N) is 1. The van der Waals surface area contributed by atoms with Gasteiger partial charge in [0.2, 0.25) is 0 Å². The second-order valence-corrected chi connectivity index (χ2v) is 7.54. The minimum atomic E-state index is 0.555. The zero-order valence-corrected chi connectivity index (χ0v) is 14.4. The van der Waals surface area contributed by atoms with Crippen molar-refractivity contribution in [3.63, 3.8) is 0 Å². The molecule has 2 fully saturated rings. The minimum Gasteiger partial charge on any atom is -0.311 e. The molecule has 0 heterocycles. The minimum absolute atomic E-state index is 0.555. The molecule has 21 heavy (non-hydrogen) atoms. The average molecular weight is 293 g/mol. The lowest BCUT2D eigenvalue weighted by Crippen LogP contribution is -2.46. The number of nitrogens with one attached hydrogen (secondary N) is 1. The molecule has 0 unspecified atom stereocenters. The molecular weight excluding hydrogens is 256 g/mol. The number of rotatable bonds is 7. The third-order valence-electron chi connectivity index (χ3n) is 5.25. The monoisotopic (exact) mass is 292 g/mol. The van der Waals surface area contributed by atoms with Crippen LogP contribution in [0.4, 0.5) is 0 Å². The lowest BCUT2D eigenvalue weighted by molar-refractivity contribution is 0.0905. The first-order chi connectivity index (χ1) is 10.2. The Morgan fingerprint density at radius 1 is 0.952 bits per heavy atom. The highest BCUT2D eigenvalue weighted by Crippen LogP contribution is 2.30. The third kappa shape index (κ3) is 5.75. The molecule has 2 heteroatoms. The highest BCUT2D eigenvalue weighted by Gasteiger charge is 2.28. The van der Waals surface area contributed by atoms with E-state index in [0.717, 1.165) is 25.2 Å². The summed E-state index contributed by atoms with van der Waals surface area (Å²) in [6.07, 6.45) is 14.3. The van der Waals surface area contributed by atoms with Gasteiger partial charge in [-0.05, 0) is 31.3 Å². The van der Waals surface area contributed by atoms with Gasteiger partial charge in [-0.25, -0.2) is 0 Å². The van der Waals surface area contributed by atoms with E-state index in [0.29, 0.717) is 6.04 Å². The molecule has 0 amide bonds. The first-order valence-electron chi connectivity index (χ1n) is 9.32. The van der Waals surface area contributed by atoms with E-state index in [2.05, 4.69) is 30.6 Å². The molecule has 2 rings (SSSR count). The lowest BCUT2D eigenvalue weighted by Gasteiger charge is -2.42.